The second-order valence-corrected chi connectivity index (χ2v) is 6.06. The van der Waals surface area contributed by atoms with Crippen LogP contribution in [0.15, 0.2) is 48.5 Å². The third-order valence-corrected chi connectivity index (χ3v) is 3.61. The number of H-pyrrole nitrogens is 1. The molecule has 6 heteroatoms. The summed E-state index contributed by atoms with van der Waals surface area (Å²) in [6.07, 6.45) is 1.03. The molecule has 2 N–H and O–H groups in total. The predicted octanol–water partition coefficient (Wildman–Crippen LogP) is 3.32. The number of aromatic amines is 1. The Hall–Kier alpha value is -3.02. The topological polar surface area (TPSA) is 83.6 Å². The Labute approximate surface area is 140 Å². The van der Waals surface area contributed by atoms with Gasteiger partial charge in [0.25, 0.3) is 5.91 Å². The van der Waals surface area contributed by atoms with Crippen LogP contribution in [0.4, 0.5) is 5.69 Å². The van der Waals surface area contributed by atoms with Crippen molar-refractivity contribution in [3.8, 4) is 11.4 Å². The number of anilines is 1. The highest BCUT2D eigenvalue weighted by Crippen LogP contribution is 2.16. The molecule has 24 heavy (non-hydrogen) atoms. The van der Waals surface area contributed by atoms with E-state index in [9.17, 15) is 4.79 Å². The lowest BCUT2D eigenvalue weighted by atomic mass is 10.0. The molecule has 0 saturated carbocycles. The summed E-state index contributed by atoms with van der Waals surface area (Å²) in [4.78, 5) is 12.3. The molecule has 0 saturated heterocycles. The van der Waals surface area contributed by atoms with Crippen LogP contribution in [0, 0.1) is 5.92 Å². The van der Waals surface area contributed by atoms with Crippen LogP contribution in [0.1, 0.15) is 29.8 Å². The fraction of sp³-hybridized carbons (Fsp3) is 0.222. The average Bonchev–Trinajstić information content (AvgIpc) is 3.11. The maximum atomic E-state index is 12.3. The van der Waals surface area contributed by atoms with E-state index in [2.05, 4.69) is 51.9 Å². The van der Waals surface area contributed by atoms with Crippen molar-refractivity contribution in [2.45, 2.75) is 20.3 Å². The van der Waals surface area contributed by atoms with Crippen LogP contribution < -0.4 is 5.32 Å². The van der Waals surface area contributed by atoms with Gasteiger partial charge < -0.3 is 5.32 Å². The summed E-state index contributed by atoms with van der Waals surface area (Å²) in [5.74, 6) is 0.970. The third-order valence-electron chi connectivity index (χ3n) is 3.61. The lowest BCUT2D eigenvalue weighted by Gasteiger charge is -2.08. The Morgan fingerprint density at radius 2 is 1.79 bits per heavy atom. The van der Waals surface area contributed by atoms with E-state index >= 15 is 0 Å². The van der Waals surface area contributed by atoms with Crippen LogP contribution in [0.3, 0.4) is 0 Å². The molecule has 1 heterocycles. The summed E-state index contributed by atoms with van der Waals surface area (Å²) in [7, 11) is 0. The molecule has 0 aliphatic rings. The molecule has 3 aromatic rings. The fourth-order valence-corrected chi connectivity index (χ4v) is 2.45. The van der Waals surface area contributed by atoms with Gasteiger partial charge in [-0.15, -0.1) is 10.2 Å². The molecule has 6 nitrogen and oxygen atoms in total. The first-order valence-corrected chi connectivity index (χ1v) is 7.86. The number of aromatic nitrogens is 4. The Morgan fingerprint density at radius 1 is 1.08 bits per heavy atom. The van der Waals surface area contributed by atoms with Crippen molar-refractivity contribution in [2.24, 2.45) is 5.92 Å². The molecular formula is C18H19N5O. The molecule has 3 rings (SSSR count). The van der Waals surface area contributed by atoms with Gasteiger partial charge in [-0.2, -0.15) is 5.21 Å². The molecule has 0 spiro atoms. The van der Waals surface area contributed by atoms with Gasteiger partial charge in [-0.05, 0) is 47.4 Å². The molecule has 1 amide bonds. The largest absolute Gasteiger partial charge is 0.322 e. The smallest absolute Gasteiger partial charge is 0.255 e. The Kier molecular flexibility index (Phi) is 4.65. The highest BCUT2D eigenvalue weighted by molar-refractivity contribution is 6.04. The maximum absolute atomic E-state index is 12.3. The first kappa shape index (κ1) is 15.9. The number of carbonyl (C=O) groups excluding carboxylic acids is 1. The average molecular weight is 321 g/mol. The number of nitrogens with one attached hydrogen (secondary N) is 2. The number of rotatable bonds is 5. The SMILES string of the molecule is CC(C)Cc1ccc(NC(=O)c2ccc(-c3nn[nH]n3)cc2)cc1. The van der Waals surface area contributed by atoms with Crippen molar-refractivity contribution in [1.82, 2.24) is 20.6 Å². The van der Waals surface area contributed by atoms with Crippen LogP contribution in [0.5, 0.6) is 0 Å². The van der Waals surface area contributed by atoms with E-state index in [0.29, 0.717) is 17.3 Å². The van der Waals surface area contributed by atoms with E-state index in [4.69, 9.17) is 0 Å². The second-order valence-electron chi connectivity index (χ2n) is 6.06. The van der Waals surface area contributed by atoms with E-state index in [1.165, 1.54) is 5.56 Å². The van der Waals surface area contributed by atoms with Crippen molar-refractivity contribution in [3.05, 3.63) is 59.7 Å². The number of carbonyl (C=O) groups is 1. The molecule has 1 aromatic heterocycles. The quantitative estimate of drug-likeness (QED) is 0.755. The van der Waals surface area contributed by atoms with Gasteiger partial charge in [0.1, 0.15) is 0 Å². The summed E-state index contributed by atoms with van der Waals surface area (Å²) in [5, 5.41) is 16.6. The minimum absolute atomic E-state index is 0.147. The molecule has 0 bridgehead atoms. The molecule has 0 aliphatic carbocycles. The standard InChI is InChI=1S/C18H19N5O/c1-12(2)11-13-3-9-16(10-4-13)19-18(24)15-7-5-14(6-8-15)17-20-22-23-21-17/h3-10,12H,11H2,1-2H3,(H,19,24)(H,20,21,22,23). The van der Waals surface area contributed by atoms with Crippen molar-refractivity contribution in [2.75, 3.05) is 5.32 Å². The normalized spacial score (nSPS) is 10.8. The zero-order valence-corrected chi connectivity index (χ0v) is 13.7. The summed E-state index contributed by atoms with van der Waals surface area (Å²) in [5.41, 5.74) is 3.44. The van der Waals surface area contributed by atoms with E-state index < -0.39 is 0 Å². The molecule has 0 radical (unpaired) electrons. The van der Waals surface area contributed by atoms with Crippen LogP contribution in [-0.4, -0.2) is 26.5 Å². The van der Waals surface area contributed by atoms with Crippen molar-refractivity contribution >= 4 is 11.6 Å². The molecule has 0 fully saturated rings. The van der Waals surface area contributed by atoms with Crippen molar-refractivity contribution in [3.63, 3.8) is 0 Å². The van der Waals surface area contributed by atoms with E-state index in [-0.39, 0.29) is 5.91 Å². The zero-order valence-electron chi connectivity index (χ0n) is 13.7. The number of benzene rings is 2. The molecule has 0 aliphatic heterocycles. The van der Waals surface area contributed by atoms with Gasteiger partial charge in [0.15, 0.2) is 0 Å². The lowest BCUT2D eigenvalue weighted by molar-refractivity contribution is 0.102. The summed E-state index contributed by atoms with van der Waals surface area (Å²) >= 11 is 0. The minimum Gasteiger partial charge on any atom is -0.322 e. The Balaban J connectivity index is 1.66. The van der Waals surface area contributed by atoms with Crippen LogP contribution in [0.25, 0.3) is 11.4 Å². The first-order chi connectivity index (χ1) is 11.6. The highest BCUT2D eigenvalue weighted by Gasteiger charge is 2.08. The van der Waals surface area contributed by atoms with Crippen LogP contribution >= 0.6 is 0 Å². The van der Waals surface area contributed by atoms with Crippen LogP contribution in [-0.2, 0) is 6.42 Å². The van der Waals surface area contributed by atoms with Crippen molar-refractivity contribution in [1.29, 1.82) is 0 Å². The summed E-state index contributed by atoms with van der Waals surface area (Å²) in [6, 6.07) is 15.1. The Bertz CT molecular complexity index is 792. The van der Waals surface area contributed by atoms with E-state index in [1.54, 1.807) is 24.3 Å². The fourth-order valence-electron chi connectivity index (χ4n) is 2.45. The molecule has 122 valence electrons. The summed E-state index contributed by atoms with van der Waals surface area (Å²) in [6.45, 7) is 4.38. The van der Waals surface area contributed by atoms with Gasteiger partial charge in [-0.1, -0.05) is 38.1 Å². The van der Waals surface area contributed by atoms with E-state index in [0.717, 1.165) is 17.7 Å². The van der Waals surface area contributed by atoms with Crippen molar-refractivity contribution < 1.29 is 4.79 Å². The number of hydrogen-bond donors (Lipinski definition) is 2. The predicted molar refractivity (Wildman–Crippen MR) is 92.6 cm³/mol. The van der Waals surface area contributed by atoms with Gasteiger partial charge in [-0.25, -0.2) is 0 Å². The third kappa shape index (κ3) is 3.84. The maximum Gasteiger partial charge on any atom is 0.255 e. The molecule has 0 unspecified atom stereocenters. The number of nitrogens with zero attached hydrogens (tertiary/aromatic N) is 3. The highest BCUT2D eigenvalue weighted by atomic mass is 16.1. The Morgan fingerprint density at radius 3 is 2.38 bits per heavy atom. The van der Waals surface area contributed by atoms with Gasteiger partial charge in [-0.3, -0.25) is 4.79 Å². The van der Waals surface area contributed by atoms with E-state index in [1.807, 2.05) is 12.1 Å². The monoisotopic (exact) mass is 321 g/mol. The molecule has 2 aromatic carbocycles. The molecular weight excluding hydrogens is 302 g/mol. The van der Waals surface area contributed by atoms with Gasteiger partial charge in [0.2, 0.25) is 5.82 Å². The first-order valence-electron chi connectivity index (χ1n) is 7.86. The van der Waals surface area contributed by atoms with Gasteiger partial charge in [0.05, 0.1) is 0 Å². The van der Waals surface area contributed by atoms with Gasteiger partial charge in [0, 0.05) is 16.8 Å². The lowest BCUT2D eigenvalue weighted by Crippen LogP contribution is -2.11. The summed E-state index contributed by atoms with van der Waals surface area (Å²) < 4.78 is 0. The number of tetrazole rings is 1. The van der Waals surface area contributed by atoms with Gasteiger partial charge >= 0.3 is 0 Å². The second kappa shape index (κ2) is 7.04. The molecule has 0 atom stereocenters. The minimum atomic E-state index is -0.147. The number of hydrogen-bond acceptors (Lipinski definition) is 4. The zero-order chi connectivity index (χ0) is 16.9. The van der Waals surface area contributed by atoms with Crippen LogP contribution in [0.2, 0.25) is 0 Å². The number of amides is 1.